The van der Waals surface area contributed by atoms with Crippen molar-refractivity contribution in [1.29, 1.82) is 0 Å². The second kappa shape index (κ2) is 7.39. The number of likely N-dealkylation sites (N-methyl/N-ethyl adjacent to an activating group) is 1. The molecule has 0 aliphatic heterocycles. The molecule has 1 N–H and O–H groups in total. The summed E-state index contributed by atoms with van der Waals surface area (Å²) in [5.41, 5.74) is 3.44. The fourth-order valence-corrected chi connectivity index (χ4v) is 2.79. The van der Waals surface area contributed by atoms with Crippen LogP contribution in [0, 0.1) is 12.7 Å². The highest BCUT2D eigenvalue weighted by Gasteiger charge is 2.13. The molecule has 0 saturated heterocycles. The topological polar surface area (TPSA) is 12.0 Å². The van der Waals surface area contributed by atoms with Gasteiger partial charge in [-0.25, -0.2) is 4.39 Å². The number of benzene rings is 2. The molecule has 0 heterocycles. The van der Waals surface area contributed by atoms with Gasteiger partial charge in [0.1, 0.15) is 5.82 Å². The molecule has 0 spiro atoms. The summed E-state index contributed by atoms with van der Waals surface area (Å²) < 4.78 is 14.4. The average molecular weight is 371 g/mol. The first-order valence-electron chi connectivity index (χ1n) is 6.94. The van der Waals surface area contributed by atoms with E-state index in [2.05, 4.69) is 53.3 Å². The van der Waals surface area contributed by atoms with Crippen molar-refractivity contribution in [3.05, 3.63) is 68.4 Å². The highest BCUT2D eigenvalue weighted by atomic mass is 79.9. The molecular weight excluding hydrogens is 353 g/mol. The number of nitrogens with one attached hydrogen (secondary N) is 1. The van der Waals surface area contributed by atoms with E-state index in [9.17, 15) is 4.39 Å². The highest BCUT2D eigenvalue weighted by molar-refractivity contribution is 9.10. The normalized spacial score (nSPS) is 12.4. The van der Waals surface area contributed by atoms with Gasteiger partial charge in [0, 0.05) is 10.5 Å². The summed E-state index contributed by atoms with van der Waals surface area (Å²) in [4.78, 5) is 0. The van der Waals surface area contributed by atoms with Crippen LogP contribution in [0.5, 0.6) is 0 Å². The van der Waals surface area contributed by atoms with E-state index < -0.39 is 0 Å². The summed E-state index contributed by atoms with van der Waals surface area (Å²) in [7, 11) is 0. The zero-order chi connectivity index (χ0) is 15.4. The van der Waals surface area contributed by atoms with Gasteiger partial charge < -0.3 is 5.32 Å². The van der Waals surface area contributed by atoms with E-state index in [1.807, 2.05) is 0 Å². The van der Waals surface area contributed by atoms with Crippen molar-refractivity contribution in [2.45, 2.75) is 26.3 Å². The van der Waals surface area contributed by atoms with Gasteiger partial charge >= 0.3 is 0 Å². The predicted molar refractivity (Wildman–Crippen MR) is 90.4 cm³/mol. The minimum Gasteiger partial charge on any atom is -0.310 e. The zero-order valence-corrected chi connectivity index (χ0v) is 14.4. The Morgan fingerprint density at radius 1 is 1.24 bits per heavy atom. The van der Waals surface area contributed by atoms with E-state index in [0.717, 1.165) is 23.0 Å². The van der Waals surface area contributed by atoms with Gasteiger partial charge in [-0.2, -0.15) is 0 Å². The quantitative estimate of drug-likeness (QED) is 0.738. The van der Waals surface area contributed by atoms with E-state index in [-0.39, 0.29) is 16.9 Å². The van der Waals surface area contributed by atoms with Gasteiger partial charge in [0.15, 0.2) is 0 Å². The van der Waals surface area contributed by atoms with Gasteiger partial charge in [0.25, 0.3) is 0 Å². The summed E-state index contributed by atoms with van der Waals surface area (Å²) in [6.07, 6.45) is 0.773. The van der Waals surface area contributed by atoms with Crippen molar-refractivity contribution in [2.24, 2.45) is 0 Å². The van der Waals surface area contributed by atoms with Crippen molar-refractivity contribution in [1.82, 2.24) is 5.32 Å². The van der Waals surface area contributed by atoms with Crippen LogP contribution in [-0.2, 0) is 6.42 Å². The zero-order valence-electron chi connectivity index (χ0n) is 12.1. The van der Waals surface area contributed by atoms with E-state index in [4.69, 9.17) is 11.6 Å². The molecule has 0 bridgehead atoms. The van der Waals surface area contributed by atoms with E-state index in [1.54, 1.807) is 12.1 Å². The number of rotatable bonds is 5. The Morgan fingerprint density at radius 3 is 2.62 bits per heavy atom. The van der Waals surface area contributed by atoms with Crippen molar-refractivity contribution < 1.29 is 4.39 Å². The Bertz CT molecular complexity index is 630. The van der Waals surface area contributed by atoms with Crippen LogP contribution in [0.1, 0.15) is 29.7 Å². The lowest BCUT2D eigenvalue weighted by molar-refractivity contribution is 0.548. The molecule has 2 rings (SSSR count). The molecule has 0 aliphatic carbocycles. The van der Waals surface area contributed by atoms with Crippen molar-refractivity contribution in [3.8, 4) is 0 Å². The third kappa shape index (κ3) is 4.29. The van der Waals surface area contributed by atoms with Gasteiger partial charge in [-0.15, -0.1) is 0 Å². The fourth-order valence-electron chi connectivity index (χ4n) is 2.34. The van der Waals surface area contributed by atoms with E-state index in [0.29, 0.717) is 0 Å². The van der Waals surface area contributed by atoms with Crippen LogP contribution >= 0.6 is 27.5 Å². The molecule has 0 saturated carbocycles. The van der Waals surface area contributed by atoms with Gasteiger partial charge in [-0.1, -0.05) is 52.7 Å². The van der Waals surface area contributed by atoms with E-state index >= 15 is 0 Å². The maximum atomic E-state index is 13.3. The minimum absolute atomic E-state index is 0.176. The standard InChI is InChI=1S/C17H18BrClFN/c1-3-21-17(13-5-6-14(18)11(2)8-13)10-12-4-7-16(20)15(19)9-12/h4-9,17,21H,3,10H2,1-2H3. The monoisotopic (exact) mass is 369 g/mol. The Hall–Kier alpha value is -0.900. The van der Waals surface area contributed by atoms with Crippen molar-refractivity contribution in [2.75, 3.05) is 6.54 Å². The lowest BCUT2D eigenvalue weighted by Crippen LogP contribution is -2.23. The highest BCUT2D eigenvalue weighted by Crippen LogP contribution is 2.25. The number of hydrogen-bond acceptors (Lipinski definition) is 1. The van der Waals surface area contributed by atoms with Crippen LogP contribution in [-0.4, -0.2) is 6.54 Å². The van der Waals surface area contributed by atoms with Crippen LogP contribution in [0.25, 0.3) is 0 Å². The number of aryl methyl sites for hydroxylation is 1. The Balaban J connectivity index is 2.25. The number of hydrogen-bond donors (Lipinski definition) is 1. The predicted octanol–water partition coefficient (Wildman–Crippen LogP) is 5.44. The largest absolute Gasteiger partial charge is 0.310 e. The maximum absolute atomic E-state index is 13.3. The molecule has 0 aromatic heterocycles. The van der Waals surface area contributed by atoms with E-state index in [1.165, 1.54) is 17.2 Å². The molecule has 21 heavy (non-hydrogen) atoms. The molecule has 1 unspecified atom stereocenters. The molecule has 4 heteroatoms. The third-order valence-electron chi connectivity index (χ3n) is 3.46. The van der Waals surface area contributed by atoms with Crippen LogP contribution < -0.4 is 5.32 Å². The molecule has 0 aliphatic rings. The Labute approximate surface area is 138 Å². The lowest BCUT2D eigenvalue weighted by atomic mass is 9.97. The molecule has 2 aromatic carbocycles. The SMILES string of the molecule is CCNC(Cc1ccc(F)c(Cl)c1)c1ccc(Br)c(C)c1. The van der Waals surface area contributed by atoms with Crippen LogP contribution in [0.4, 0.5) is 4.39 Å². The summed E-state index contributed by atoms with van der Waals surface area (Å²) in [6, 6.07) is 11.4. The molecule has 112 valence electrons. The Morgan fingerprint density at radius 2 is 2.00 bits per heavy atom. The first-order valence-corrected chi connectivity index (χ1v) is 8.11. The first-order chi connectivity index (χ1) is 10.0. The molecule has 0 radical (unpaired) electrons. The van der Waals surface area contributed by atoms with Gasteiger partial charge in [-0.05, 0) is 54.8 Å². The maximum Gasteiger partial charge on any atom is 0.141 e. The molecule has 2 aromatic rings. The summed E-state index contributed by atoms with van der Waals surface area (Å²) in [6.45, 7) is 5.02. The molecule has 0 amide bonds. The van der Waals surface area contributed by atoms with Crippen molar-refractivity contribution >= 4 is 27.5 Å². The molecule has 1 atom stereocenters. The smallest absolute Gasteiger partial charge is 0.141 e. The lowest BCUT2D eigenvalue weighted by Gasteiger charge is -2.19. The van der Waals surface area contributed by atoms with Crippen LogP contribution in [0.2, 0.25) is 5.02 Å². The number of halogens is 3. The third-order valence-corrected chi connectivity index (χ3v) is 4.64. The van der Waals surface area contributed by atoms with Crippen molar-refractivity contribution in [3.63, 3.8) is 0 Å². The molecule has 0 fully saturated rings. The minimum atomic E-state index is -0.375. The molecular formula is C17H18BrClFN. The second-order valence-electron chi connectivity index (χ2n) is 5.07. The first kappa shape index (κ1) is 16.5. The van der Waals surface area contributed by atoms with Crippen LogP contribution in [0.3, 0.4) is 0 Å². The fraction of sp³-hybridized carbons (Fsp3) is 0.294. The van der Waals surface area contributed by atoms with Gasteiger partial charge in [-0.3, -0.25) is 0 Å². The Kier molecular flexibility index (Phi) is 5.80. The van der Waals surface area contributed by atoms with Gasteiger partial charge in [0.05, 0.1) is 5.02 Å². The van der Waals surface area contributed by atoms with Crippen LogP contribution in [0.15, 0.2) is 40.9 Å². The average Bonchev–Trinajstić information content (AvgIpc) is 2.45. The molecule has 1 nitrogen and oxygen atoms in total. The summed E-state index contributed by atoms with van der Waals surface area (Å²) in [5, 5.41) is 3.65. The summed E-state index contributed by atoms with van der Waals surface area (Å²) >= 11 is 9.39. The van der Waals surface area contributed by atoms with Gasteiger partial charge in [0.2, 0.25) is 0 Å². The summed E-state index contributed by atoms with van der Waals surface area (Å²) in [5.74, 6) is -0.375. The second-order valence-corrected chi connectivity index (χ2v) is 6.33.